The van der Waals surface area contributed by atoms with Crippen LogP contribution in [-0.4, -0.2) is 34.9 Å². The molecule has 4 heteroatoms. The molecule has 0 spiro atoms. The molecule has 0 heterocycles. The molecule has 0 radical (unpaired) electrons. The molecular weight excluding hydrogens is 639 g/mol. The Morgan fingerprint density at radius 1 is 0.442 bits per heavy atom. The normalized spacial score (nSPS) is 13.4. The van der Waals surface area contributed by atoms with Gasteiger partial charge in [0.25, 0.3) is 0 Å². The van der Waals surface area contributed by atoms with Crippen LogP contribution in [0, 0.1) is 0 Å². The molecule has 0 saturated heterocycles. The van der Waals surface area contributed by atoms with Gasteiger partial charge < -0.3 is 15.5 Å². The number of hydrogen-bond donors (Lipinski definition) is 3. The molecule has 0 aliphatic rings. The smallest absolute Gasteiger partial charge is 0.220 e. The standard InChI is InChI=1S/C48H89NO3/c1-3-5-7-9-11-13-15-17-18-19-20-21-22-23-24-25-26-27-28-29-30-31-32-33-35-37-39-41-43-47(51)46(45-50)49-48(52)44-42-40-38-36-34-16-14-12-10-8-6-4-2/h12,14,29-30,33,35,41,43,46-47,50-51H,3-11,13,15-28,31-32,34,36-40,42,44-45H2,1-2H3,(H,49,52)/b14-12-,30-29+,35-33+,43-41+. The molecule has 2 unspecified atom stereocenters. The number of allylic oxidation sites excluding steroid dienone is 7. The van der Waals surface area contributed by atoms with Gasteiger partial charge in [-0.25, -0.2) is 0 Å². The number of aliphatic hydroxyl groups excluding tert-OH is 2. The molecule has 0 aliphatic carbocycles. The van der Waals surface area contributed by atoms with Crippen molar-refractivity contribution in [3.63, 3.8) is 0 Å². The fourth-order valence-corrected chi connectivity index (χ4v) is 6.73. The number of nitrogens with one attached hydrogen (secondary N) is 1. The number of carbonyl (C=O) groups excluding carboxylic acids is 1. The fourth-order valence-electron chi connectivity index (χ4n) is 6.73. The second-order valence-electron chi connectivity index (χ2n) is 15.4. The minimum Gasteiger partial charge on any atom is -0.394 e. The van der Waals surface area contributed by atoms with Gasteiger partial charge in [0, 0.05) is 6.42 Å². The van der Waals surface area contributed by atoms with E-state index in [0.29, 0.717) is 6.42 Å². The van der Waals surface area contributed by atoms with Crippen LogP contribution in [0.4, 0.5) is 0 Å². The van der Waals surface area contributed by atoms with Gasteiger partial charge in [-0.05, 0) is 70.6 Å². The van der Waals surface area contributed by atoms with Crippen LogP contribution in [-0.2, 0) is 4.79 Å². The van der Waals surface area contributed by atoms with Crippen LogP contribution in [0.3, 0.4) is 0 Å². The van der Waals surface area contributed by atoms with Crippen molar-refractivity contribution >= 4 is 5.91 Å². The number of amides is 1. The lowest BCUT2D eigenvalue weighted by Gasteiger charge is -2.19. The van der Waals surface area contributed by atoms with Gasteiger partial charge in [0.15, 0.2) is 0 Å². The second kappa shape index (κ2) is 43.8. The highest BCUT2D eigenvalue weighted by atomic mass is 16.3. The lowest BCUT2D eigenvalue weighted by molar-refractivity contribution is -0.123. The number of hydrogen-bond acceptors (Lipinski definition) is 3. The number of aliphatic hydroxyl groups is 2. The molecule has 0 aromatic heterocycles. The Balaban J connectivity index is 3.59. The van der Waals surface area contributed by atoms with E-state index in [1.807, 2.05) is 6.08 Å². The van der Waals surface area contributed by atoms with Crippen molar-refractivity contribution in [2.75, 3.05) is 6.61 Å². The van der Waals surface area contributed by atoms with Gasteiger partial charge in [0.1, 0.15) is 0 Å². The monoisotopic (exact) mass is 728 g/mol. The van der Waals surface area contributed by atoms with Crippen LogP contribution >= 0.6 is 0 Å². The maximum Gasteiger partial charge on any atom is 0.220 e. The highest BCUT2D eigenvalue weighted by molar-refractivity contribution is 5.76. The maximum atomic E-state index is 12.3. The first-order valence-corrected chi connectivity index (χ1v) is 22.9. The van der Waals surface area contributed by atoms with Crippen LogP contribution in [0.5, 0.6) is 0 Å². The Morgan fingerprint density at radius 3 is 1.15 bits per heavy atom. The topological polar surface area (TPSA) is 69.6 Å². The summed E-state index contributed by atoms with van der Waals surface area (Å²) in [6.45, 7) is 4.27. The SMILES string of the molecule is CCCCC/C=C\CCCCCCCC(=O)NC(CO)C(O)/C=C/CC/C=C/CC/C=C/CCCCCCCCCCCCCCCCCCCC. The van der Waals surface area contributed by atoms with E-state index in [1.54, 1.807) is 6.08 Å². The van der Waals surface area contributed by atoms with Crippen LogP contribution in [0.2, 0.25) is 0 Å². The van der Waals surface area contributed by atoms with E-state index in [0.717, 1.165) is 51.4 Å². The molecule has 0 aliphatic heterocycles. The third-order valence-electron chi connectivity index (χ3n) is 10.3. The Morgan fingerprint density at radius 2 is 0.750 bits per heavy atom. The molecule has 0 aromatic carbocycles. The zero-order valence-corrected chi connectivity index (χ0v) is 34.8. The van der Waals surface area contributed by atoms with Crippen LogP contribution < -0.4 is 5.32 Å². The Kier molecular flexibility index (Phi) is 42.4. The molecule has 304 valence electrons. The molecular formula is C48H89NO3. The minimum absolute atomic E-state index is 0.0890. The molecule has 0 saturated carbocycles. The van der Waals surface area contributed by atoms with Crippen molar-refractivity contribution in [2.45, 2.75) is 244 Å². The van der Waals surface area contributed by atoms with Gasteiger partial charge in [0.2, 0.25) is 5.91 Å². The Labute approximate surface area is 324 Å². The van der Waals surface area contributed by atoms with Gasteiger partial charge in [-0.3, -0.25) is 4.79 Å². The molecule has 52 heavy (non-hydrogen) atoms. The maximum absolute atomic E-state index is 12.3. The molecule has 0 rings (SSSR count). The van der Waals surface area contributed by atoms with Crippen LogP contribution in [0.1, 0.15) is 232 Å². The van der Waals surface area contributed by atoms with E-state index in [1.165, 1.54) is 161 Å². The fraction of sp³-hybridized carbons (Fsp3) is 0.812. The molecule has 2 atom stereocenters. The third kappa shape index (κ3) is 39.6. The van der Waals surface area contributed by atoms with Crippen molar-refractivity contribution in [3.8, 4) is 0 Å². The molecule has 0 aromatic rings. The lowest BCUT2D eigenvalue weighted by atomic mass is 10.0. The van der Waals surface area contributed by atoms with Crippen molar-refractivity contribution in [2.24, 2.45) is 0 Å². The minimum atomic E-state index is -0.873. The van der Waals surface area contributed by atoms with Crippen LogP contribution in [0.15, 0.2) is 48.6 Å². The molecule has 3 N–H and O–H groups in total. The van der Waals surface area contributed by atoms with E-state index in [4.69, 9.17) is 0 Å². The molecule has 1 amide bonds. The number of rotatable bonds is 41. The van der Waals surface area contributed by atoms with Gasteiger partial charge in [-0.15, -0.1) is 0 Å². The third-order valence-corrected chi connectivity index (χ3v) is 10.3. The first-order chi connectivity index (χ1) is 25.7. The summed E-state index contributed by atoms with van der Waals surface area (Å²) in [5, 5.41) is 22.9. The Hall–Kier alpha value is -1.65. The largest absolute Gasteiger partial charge is 0.394 e. The summed E-state index contributed by atoms with van der Waals surface area (Å²) in [4.78, 5) is 12.3. The van der Waals surface area contributed by atoms with Crippen molar-refractivity contribution in [1.29, 1.82) is 0 Å². The van der Waals surface area contributed by atoms with Gasteiger partial charge in [-0.1, -0.05) is 204 Å². The van der Waals surface area contributed by atoms with E-state index >= 15 is 0 Å². The van der Waals surface area contributed by atoms with Gasteiger partial charge in [0.05, 0.1) is 18.8 Å². The molecule has 0 bridgehead atoms. The van der Waals surface area contributed by atoms with Crippen molar-refractivity contribution < 1.29 is 15.0 Å². The zero-order chi connectivity index (χ0) is 37.8. The predicted molar refractivity (Wildman–Crippen MR) is 230 cm³/mol. The number of carbonyl (C=O) groups is 1. The summed E-state index contributed by atoms with van der Waals surface area (Å²) in [6, 6.07) is -0.649. The second-order valence-corrected chi connectivity index (χ2v) is 15.4. The summed E-state index contributed by atoms with van der Waals surface area (Å²) < 4.78 is 0. The summed E-state index contributed by atoms with van der Waals surface area (Å²) >= 11 is 0. The Bertz CT molecular complexity index is 831. The molecule has 4 nitrogen and oxygen atoms in total. The average molecular weight is 728 g/mol. The van der Waals surface area contributed by atoms with E-state index in [9.17, 15) is 15.0 Å². The summed E-state index contributed by atoms with van der Waals surface area (Å²) in [6.07, 6.45) is 59.5. The quantitative estimate of drug-likeness (QED) is 0.0434. The average Bonchev–Trinajstić information content (AvgIpc) is 3.15. The molecule has 0 fully saturated rings. The lowest BCUT2D eigenvalue weighted by Crippen LogP contribution is -2.45. The predicted octanol–water partition coefficient (Wildman–Crippen LogP) is 14.4. The number of unbranched alkanes of at least 4 members (excludes halogenated alkanes) is 28. The zero-order valence-electron chi connectivity index (χ0n) is 34.8. The van der Waals surface area contributed by atoms with E-state index < -0.39 is 12.1 Å². The van der Waals surface area contributed by atoms with Gasteiger partial charge in [-0.2, -0.15) is 0 Å². The summed E-state index contributed by atoms with van der Waals surface area (Å²) in [7, 11) is 0. The first kappa shape index (κ1) is 50.4. The first-order valence-electron chi connectivity index (χ1n) is 22.9. The summed E-state index contributed by atoms with van der Waals surface area (Å²) in [5.74, 6) is -0.0890. The highest BCUT2D eigenvalue weighted by Crippen LogP contribution is 2.15. The van der Waals surface area contributed by atoms with Gasteiger partial charge >= 0.3 is 0 Å². The van der Waals surface area contributed by atoms with Crippen LogP contribution in [0.25, 0.3) is 0 Å². The van der Waals surface area contributed by atoms with Crippen molar-refractivity contribution in [1.82, 2.24) is 5.32 Å². The summed E-state index contributed by atoms with van der Waals surface area (Å²) in [5.41, 5.74) is 0. The van der Waals surface area contributed by atoms with E-state index in [-0.39, 0.29) is 12.5 Å². The highest BCUT2D eigenvalue weighted by Gasteiger charge is 2.17. The van der Waals surface area contributed by atoms with Crippen molar-refractivity contribution in [3.05, 3.63) is 48.6 Å². The van der Waals surface area contributed by atoms with E-state index in [2.05, 4.69) is 55.6 Å².